The van der Waals surface area contributed by atoms with Gasteiger partial charge < -0.3 is 24.4 Å². The summed E-state index contributed by atoms with van der Waals surface area (Å²) in [5.41, 5.74) is 1.54. The second-order valence-corrected chi connectivity index (χ2v) is 7.69. The molecule has 1 aliphatic heterocycles. The van der Waals surface area contributed by atoms with Crippen LogP contribution < -0.4 is 9.47 Å². The highest BCUT2D eigenvalue weighted by atomic mass is 16.5. The minimum Gasteiger partial charge on any atom is -0.503 e. The minimum absolute atomic E-state index is 0.0492. The van der Waals surface area contributed by atoms with Crippen molar-refractivity contribution in [3.8, 4) is 11.5 Å². The van der Waals surface area contributed by atoms with Gasteiger partial charge in [0.1, 0.15) is 0 Å². The summed E-state index contributed by atoms with van der Waals surface area (Å²) in [6, 6.07) is 13.8. The first-order valence-electron chi connectivity index (χ1n) is 10.3. The molecule has 1 unspecified atom stereocenters. The number of allylic oxidation sites excluding steroid dienone is 1. The summed E-state index contributed by atoms with van der Waals surface area (Å²) in [4.78, 5) is 29.6. The molecule has 1 N–H and O–H groups in total. The Labute approximate surface area is 188 Å². The zero-order chi connectivity index (χ0) is 23.3. The van der Waals surface area contributed by atoms with Gasteiger partial charge in [-0.3, -0.25) is 9.59 Å². The summed E-state index contributed by atoms with van der Waals surface area (Å²) in [6.45, 7) is 0.915. The zero-order valence-electron chi connectivity index (χ0n) is 18.7. The lowest BCUT2D eigenvalue weighted by atomic mass is 9.95. The Morgan fingerprint density at radius 2 is 1.78 bits per heavy atom. The van der Waals surface area contributed by atoms with E-state index in [4.69, 9.17) is 9.47 Å². The topological polar surface area (TPSA) is 79.3 Å². The number of amides is 1. The van der Waals surface area contributed by atoms with Gasteiger partial charge in [-0.2, -0.15) is 0 Å². The van der Waals surface area contributed by atoms with E-state index in [1.54, 1.807) is 24.3 Å². The Balaban J connectivity index is 2.03. The average Bonchev–Trinajstić information content (AvgIpc) is 3.06. The quantitative estimate of drug-likeness (QED) is 0.608. The molecule has 2 aromatic carbocycles. The molecule has 32 heavy (non-hydrogen) atoms. The number of nitrogens with zero attached hydrogens (tertiary/aromatic N) is 2. The van der Waals surface area contributed by atoms with Gasteiger partial charge in [-0.1, -0.05) is 42.5 Å². The summed E-state index contributed by atoms with van der Waals surface area (Å²) in [6.07, 6.45) is 3.05. The summed E-state index contributed by atoms with van der Waals surface area (Å²) in [5.74, 6) is -0.505. The van der Waals surface area contributed by atoms with Crippen LogP contribution in [-0.2, 0) is 9.59 Å². The second-order valence-electron chi connectivity index (χ2n) is 7.69. The Bertz CT molecular complexity index is 1040. The van der Waals surface area contributed by atoms with Gasteiger partial charge in [0.05, 0.1) is 25.8 Å². The molecule has 168 valence electrons. The van der Waals surface area contributed by atoms with Crippen molar-refractivity contribution in [3.63, 3.8) is 0 Å². The van der Waals surface area contributed by atoms with E-state index >= 15 is 0 Å². The maximum atomic E-state index is 13.2. The Kier molecular flexibility index (Phi) is 7.33. The SMILES string of the molecule is COc1ccc(C2C(C(=O)/C=C/c3ccccc3)=C(O)C(=O)N2CCN(C)C)cc1OC. The van der Waals surface area contributed by atoms with Gasteiger partial charge in [0.25, 0.3) is 5.91 Å². The molecule has 7 nitrogen and oxygen atoms in total. The number of methoxy groups -OCH3 is 2. The average molecular weight is 437 g/mol. The van der Waals surface area contributed by atoms with Crippen molar-refractivity contribution in [3.05, 3.63) is 77.1 Å². The molecule has 0 fully saturated rings. The first-order valence-corrected chi connectivity index (χ1v) is 10.3. The third-order valence-electron chi connectivity index (χ3n) is 5.31. The Morgan fingerprint density at radius 1 is 1.09 bits per heavy atom. The molecule has 0 aromatic heterocycles. The largest absolute Gasteiger partial charge is 0.503 e. The molecule has 0 radical (unpaired) electrons. The lowest BCUT2D eigenvalue weighted by molar-refractivity contribution is -0.129. The minimum atomic E-state index is -0.741. The van der Waals surface area contributed by atoms with Gasteiger partial charge in [0.2, 0.25) is 0 Å². The molecule has 2 aromatic rings. The lowest BCUT2D eigenvalue weighted by Crippen LogP contribution is -2.36. The number of carbonyl (C=O) groups is 2. The second kappa shape index (κ2) is 10.2. The monoisotopic (exact) mass is 436 g/mol. The van der Waals surface area contributed by atoms with E-state index in [9.17, 15) is 14.7 Å². The predicted octanol–water partition coefficient (Wildman–Crippen LogP) is 3.24. The van der Waals surface area contributed by atoms with Crippen LogP contribution in [-0.4, -0.2) is 68.0 Å². The third kappa shape index (κ3) is 4.84. The van der Waals surface area contributed by atoms with Crippen LogP contribution in [0.5, 0.6) is 11.5 Å². The molecule has 7 heteroatoms. The molecule has 0 spiro atoms. The molecule has 3 rings (SSSR count). The highest BCUT2D eigenvalue weighted by Crippen LogP contribution is 2.40. The number of ketones is 1. The fraction of sp³-hybridized carbons (Fsp3) is 0.280. The highest BCUT2D eigenvalue weighted by Gasteiger charge is 2.43. The van der Waals surface area contributed by atoms with Gasteiger partial charge in [-0.25, -0.2) is 0 Å². The molecule has 0 saturated heterocycles. The molecule has 0 bridgehead atoms. The van der Waals surface area contributed by atoms with Gasteiger partial charge >= 0.3 is 0 Å². The summed E-state index contributed by atoms with van der Waals surface area (Å²) >= 11 is 0. The van der Waals surface area contributed by atoms with Crippen molar-refractivity contribution in [2.45, 2.75) is 6.04 Å². The highest BCUT2D eigenvalue weighted by molar-refractivity contribution is 6.14. The predicted molar refractivity (Wildman–Crippen MR) is 123 cm³/mol. The smallest absolute Gasteiger partial charge is 0.290 e. The number of benzene rings is 2. The van der Waals surface area contributed by atoms with Gasteiger partial charge in [-0.05, 0) is 43.4 Å². The van der Waals surface area contributed by atoms with E-state index in [-0.39, 0.29) is 5.57 Å². The molecule has 1 atom stereocenters. The van der Waals surface area contributed by atoms with E-state index in [1.807, 2.05) is 49.3 Å². The molecular weight excluding hydrogens is 408 g/mol. The summed E-state index contributed by atoms with van der Waals surface area (Å²) in [5, 5.41) is 10.7. The lowest BCUT2D eigenvalue weighted by Gasteiger charge is -2.28. The fourth-order valence-corrected chi connectivity index (χ4v) is 3.64. The third-order valence-corrected chi connectivity index (χ3v) is 5.31. The maximum Gasteiger partial charge on any atom is 0.290 e. The van der Waals surface area contributed by atoms with Crippen LogP contribution in [0.2, 0.25) is 0 Å². The Morgan fingerprint density at radius 3 is 2.41 bits per heavy atom. The zero-order valence-corrected chi connectivity index (χ0v) is 18.7. The van der Waals surface area contributed by atoms with Crippen molar-refractivity contribution in [2.75, 3.05) is 41.4 Å². The number of carbonyl (C=O) groups excluding carboxylic acids is 2. The van der Waals surface area contributed by atoms with E-state index in [0.29, 0.717) is 30.2 Å². The van der Waals surface area contributed by atoms with E-state index in [1.165, 1.54) is 25.2 Å². The molecule has 1 aliphatic rings. The molecule has 0 saturated carbocycles. The van der Waals surface area contributed by atoms with Crippen LogP contribution >= 0.6 is 0 Å². The number of aliphatic hydroxyl groups is 1. The van der Waals surface area contributed by atoms with E-state index in [2.05, 4.69) is 0 Å². The summed E-state index contributed by atoms with van der Waals surface area (Å²) in [7, 11) is 6.85. The maximum absolute atomic E-state index is 13.2. The number of hydrogen-bond donors (Lipinski definition) is 1. The molecule has 1 heterocycles. The Hall–Kier alpha value is -3.58. The van der Waals surface area contributed by atoms with Gasteiger partial charge in [0.15, 0.2) is 23.0 Å². The van der Waals surface area contributed by atoms with Crippen molar-refractivity contribution < 1.29 is 24.2 Å². The number of likely N-dealkylation sites (N-methyl/N-ethyl adjacent to an activating group) is 1. The van der Waals surface area contributed by atoms with Crippen LogP contribution in [0.4, 0.5) is 0 Å². The van der Waals surface area contributed by atoms with Crippen molar-refractivity contribution in [1.82, 2.24) is 9.80 Å². The normalized spacial score (nSPS) is 16.3. The van der Waals surface area contributed by atoms with Crippen LogP contribution in [0.1, 0.15) is 17.2 Å². The standard InChI is InChI=1S/C25H28N2O5/c1-26(2)14-15-27-23(18-11-13-20(31-3)21(16-18)32-4)22(24(29)25(27)30)19(28)12-10-17-8-6-5-7-9-17/h5-13,16,23,29H,14-15H2,1-4H3/b12-10+. The summed E-state index contributed by atoms with van der Waals surface area (Å²) < 4.78 is 10.7. The van der Waals surface area contributed by atoms with Crippen LogP contribution in [0.25, 0.3) is 6.08 Å². The molecule has 0 aliphatic carbocycles. The van der Waals surface area contributed by atoms with E-state index < -0.39 is 23.5 Å². The van der Waals surface area contributed by atoms with Crippen molar-refractivity contribution in [2.24, 2.45) is 0 Å². The molecular formula is C25H28N2O5. The number of ether oxygens (including phenoxy) is 2. The first kappa shape index (κ1) is 23.1. The van der Waals surface area contributed by atoms with Crippen molar-refractivity contribution in [1.29, 1.82) is 0 Å². The van der Waals surface area contributed by atoms with Gasteiger partial charge in [0, 0.05) is 13.1 Å². The van der Waals surface area contributed by atoms with Gasteiger partial charge in [-0.15, -0.1) is 0 Å². The first-order chi connectivity index (χ1) is 15.4. The fourth-order valence-electron chi connectivity index (χ4n) is 3.64. The van der Waals surface area contributed by atoms with Crippen LogP contribution in [0, 0.1) is 0 Å². The van der Waals surface area contributed by atoms with Crippen LogP contribution in [0.3, 0.4) is 0 Å². The molecule has 1 amide bonds. The van der Waals surface area contributed by atoms with Crippen molar-refractivity contribution >= 4 is 17.8 Å². The van der Waals surface area contributed by atoms with E-state index in [0.717, 1.165) is 5.56 Å². The number of hydrogen-bond acceptors (Lipinski definition) is 6. The van der Waals surface area contributed by atoms with Crippen LogP contribution in [0.15, 0.2) is 65.9 Å². The number of aliphatic hydroxyl groups excluding tert-OH is 1. The number of rotatable bonds is 9.